The lowest BCUT2D eigenvalue weighted by molar-refractivity contribution is -0.127. The molecule has 2 heterocycles. The molecule has 2 aliphatic rings. The van der Waals surface area contributed by atoms with E-state index in [1.807, 2.05) is 0 Å². The van der Waals surface area contributed by atoms with Crippen LogP contribution in [0.3, 0.4) is 0 Å². The van der Waals surface area contributed by atoms with E-state index in [1.165, 1.54) is 4.90 Å². The molecule has 2 saturated heterocycles. The SMILES string of the molecule is CN1C(=O)NC(=O)C2NNC(S)NC21. The molecule has 4 N–H and O–H groups in total. The van der Waals surface area contributed by atoms with Gasteiger partial charge >= 0.3 is 6.03 Å². The van der Waals surface area contributed by atoms with Crippen LogP contribution in [0, 0.1) is 0 Å². The van der Waals surface area contributed by atoms with Crippen molar-refractivity contribution < 1.29 is 9.59 Å². The molecule has 3 amide bonds. The highest BCUT2D eigenvalue weighted by Gasteiger charge is 2.42. The summed E-state index contributed by atoms with van der Waals surface area (Å²) in [6.07, 6.45) is -0.375. The number of carbonyl (C=O) groups is 2. The second-order valence-electron chi connectivity index (χ2n) is 3.19. The number of amides is 3. The smallest absolute Gasteiger partial charge is 0.310 e. The quantitative estimate of drug-likeness (QED) is 0.297. The number of hydrogen-bond donors (Lipinski definition) is 5. The van der Waals surface area contributed by atoms with Crippen LogP contribution < -0.4 is 21.5 Å². The van der Waals surface area contributed by atoms with Gasteiger partial charge in [0.2, 0.25) is 5.91 Å². The number of imide groups is 1. The fourth-order valence-corrected chi connectivity index (χ4v) is 1.72. The van der Waals surface area contributed by atoms with E-state index in [-0.39, 0.29) is 17.6 Å². The molecule has 0 spiro atoms. The van der Waals surface area contributed by atoms with Crippen molar-refractivity contribution in [3.63, 3.8) is 0 Å². The van der Waals surface area contributed by atoms with E-state index in [0.29, 0.717) is 0 Å². The molecule has 3 unspecified atom stereocenters. The van der Waals surface area contributed by atoms with Gasteiger partial charge in [0.15, 0.2) is 0 Å². The molecule has 0 radical (unpaired) electrons. The Morgan fingerprint density at radius 2 is 2.07 bits per heavy atom. The molecule has 0 aromatic rings. The van der Waals surface area contributed by atoms with Crippen LogP contribution in [0.4, 0.5) is 4.79 Å². The lowest BCUT2D eigenvalue weighted by Gasteiger charge is -2.43. The van der Waals surface area contributed by atoms with Crippen LogP contribution in [0.5, 0.6) is 0 Å². The Morgan fingerprint density at radius 3 is 2.79 bits per heavy atom. The summed E-state index contributed by atoms with van der Waals surface area (Å²) < 4.78 is 0. The Hall–Kier alpha value is -0.830. The average Bonchev–Trinajstić information content (AvgIpc) is 2.14. The summed E-state index contributed by atoms with van der Waals surface area (Å²) in [7, 11) is 1.61. The Labute approximate surface area is 86.0 Å². The van der Waals surface area contributed by atoms with Crippen LogP contribution in [0.15, 0.2) is 0 Å². The third kappa shape index (κ3) is 1.46. The van der Waals surface area contributed by atoms with Gasteiger partial charge in [-0.2, -0.15) is 0 Å². The second-order valence-corrected chi connectivity index (χ2v) is 3.70. The Morgan fingerprint density at radius 1 is 1.36 bits per heavy atom. The van der Waals surface area contributed by atoms with Crippen molar-refractivity contribution in [2.24, 2.45) is 0 Å². The van der Waals surface area contributed by atoms with Gasteiger partial charge in [-0.25, -0.2) is 15.6 Å². The van der Waals surface area contributed by atoms with Gasteiger partial charge in [0.25, 0.3) is 0 Å². The van der Waals surface area contributed by atoms with Crippen LogP contribution in [-0.4, -0.2) is 41.6 Å². The van der Waals surface area contributed by atoms with E-state index in [9.17, 15) is 9.59 Å². The molecule has 2 fully saturated rings. The number of nitrogens with one attached hydrogen (secondary N) is 4. The minimum atomic E-state index is -0.499. The van der Waals surface area contributed by atoms with Crippen LogP contribution in [0.2, 0.25) is 0 Å². The molecule has 2 aliphatic heterocycles. The number of thiol groups is 1. The Kier molecular flexibility index (Phi) is 2.35. The van der Waals surface area contributed by atoms with Gasteiger partial charge in [0.1, 0.15) is 17.7 Å². The lowest BCUT2D eigenvalue weighted by atomic mass is 10.1. The predicted molar refractivity (Wildman–Crippen MR) is 51.1 cm³/mol. The van der Waals surface area contributed by atoms with E-state index in [0.717, 1.165) is 0 Å². The number of hydrazine groups is 1. The average molecular weight is 217 g/mol. The van der Waals surface area contributed by atoms with Gasteiger partial charge in [0, 0.05) is 7.05 Å². The maximum absolute atomic E-state index is 11.4. The van der Waals surface area contributed by atoms with E-state index in [4.69, 9.17) is 0 Å². The number of likely N-dealkylation sites (N-methyl/N-ethyl adjacent to an activating group) is 1. The van der Waals surface area contributed by atoms with Crippen LogP contribution in [0.25, 0.3) is 0 Å². The van der Waals surface area contributed by atoms with Crippen LogP contribution in [0.1, 0.15) is 0 Å². The Balaban J connectivity index is 2.19. The molecule has 0 saturated carbocycles. The van der Waals surface area contributed by atoms with Crippen molar-refractivity contribution in [1.82, 2.24) is 26.4 Å². The highest BCUT2D eigenvalue weighted by atomic mass is 32.1. The van der Waals surface area contributed by atoms with Gasteiger partial charge < -0.3 is 4.90 Å². The normalized spacial score (nSPS) is 37.9. The van der Waals surface area contributed by atoms with E-state index in [2.05, 4.69) is 34.1 Å². The van der Waals surface area contributed by atoms with E-state index in [1.54, 1.807) is 7.05 Å². The third-order valence-electron chi connectivity index (χ3n) is 2.27. The molecule has 8 heteroatoms. The highest BCUT2D eigenvalue weighted by molar-refractivity contribution is 7.80. The number of nitrogens with zero attached hydrogens (tertiary/aromatic N) is 1. The molecule has 7 nitrogen and oxygen atoms in total. The molecule has 14 heavy (non-hydrogen) atoms. The minimum absolute atomic E-state index is 0.294. The second kappa shape index (κ2) is 3.39. The van der Waals surface area contributed by atoms with E-state index >= 15 is 0 Å². The summed E-state index contributed by atoms with van der Waals surface area (Å²) in [5.74, 6) is -0.349. The zero-order chi connectivity index (χ0) is 10.3. The maximum Gasteiger partial charge on any atom is 0.325 e. The van der Waals surface area contributed by atoms with Gasteiger partial charge in [-0.3, -0.25) is 15.4 Å². The van der Waals surface area contributed by atoms with Gasteiger partial charge in [-0.05, 0) is 0 Å². The number of rotatable bonds is 0. The molecule has 0 bridgehead atoms. The molecule has 3 atom stereocenters. The fraction of sp³-hybridized carbons (Fsp3) is 0.667. The maximum atomic E-state index is 11.4. The summed E-state index contributed by atoms with van der Waals surface area (Å²) in [6.45, 7) is 0. The number of fused-ring (bicyclic) bond motifs is 1. The standard InChI is InChI=1S/C6H11N5O2S/c1-11-3-2(4(12)8-6(11)13)9-10-5(14)7-3/h2-3,5,7,9-10,14H,1H3,(H,8,12,13). The molecule has 2 rings (SSSR count). The minimum Gasteiger partial charge on any atom is -0.310 e. The van der Waals surface area contributed by atoms with Crippen molar-refractivity contribution in [3.8, 4) is 0 Å². The van der Waals surface area contributed by atoms with Gasteiger partial charge in [-0.1, -0.05) is 0 Å². The lowest BCUT2D eigenvalue weighted by Crippen LogP contribution is -2.77. The van der Waals surface area contributed by atoms with Crippen molar-refractivity contribution in [1.29, 1.82) is 0 Å². The Bertz CT molecular complexity index is 285. The molecule has 78 valence electrons. The van der Waals surface area contributed by atoms with Crippen LogP contribution >= 0.6 is 12.6 Å². The molecule has 0 aliphatic carbocycles. The first-order chi connectivity index (χ1) is 6.59. The zero-order valence-corrected chi connectivity index (χ0v) is 8.34. The molecule has 0 aromatic heterocycles. The molecular formula is C6H11N5O2S. The number of carbonyl (C=O) groups excluding carboxylic acids is 2. The first-order valence-corrected chi connectivity index (χ1v) is 4.64. The van der Waals surface area contributed by atoms with Gasteiger partial charge in [0.05, 0.1) is 0 Å². The fourth-order valence-electron chi connectivity index (χ4n) is 1.49. The first kappa shape index (κ1) is 9.71. The largest absolute Gasteiger partial charge is 0.325 e. The molecule has 0 aromatic carbocycles. The van der Waals surface area contributed by atoms with Crippen molar-refractivity contribution in [3.05, 3.63) is 0 Å². The number of urea groups is 1. The number of hydrogen-bond acceptors (Lipinski definition) is 6. The van der Waals surface area contributed by atoms with Gasteiger partial charge in [-0.15, -0.1) is 12.6 Å². The summed E-state index contributed by atoms with van der Waals surface area (Å²) >= 11 is 4.12. The van der Waals surface area contributed by atoms with Crippen molar-refractivity contribution in [2.75, 3.05) is 7.05 Å². The van der Waals surface area contributed by atoms with Crippen LogP contribution in [-0.2, 0) is 4.79 Å². The summed E-state index contributed by atoms with van der Waals surface area (Å²) in [5, 5.41) is 5.19. The summed E-state index contributed by atoms with van der Waals surface area (Å²) in [4.78, 5) is 24.0. The monoisotopic (exact) mass is 217 g/mol. The zero-order valence-electron chi connectivity index (χ0n) is 7.44. The third-order valence-corrected chi connectivity index (χ3v) is 2.55. The first-order valence-electron chi connectivity index (χ1n) is 4.12. The summed E-state index contributed by atoms with van der Waals surface area (Å²) in [6, 6.07) is -0.908. The van der Waals surface area contributed by atoms with E-state index < -0.39 is 12.1 Å². The topological polar surface area (TPSA) is 85.5 Å². The predicted octanol–water partition coefficient (Wildman–Crippen LogP) is -2.23. The molecular weight excluding hydrogens is 206 g/mol. The van der Waals surface area contributed by atoms with Crippen molar-refractivity contribution >= 4 is 24.6 Å². The summed E-state index contributed by atoms with van der Waals surface area (Å²) in [5.41, 5.74) is 5.23. The highest BCUT2D eigenvalue weighted by Crippen LogP contribution is 2.10. The van der Waals surface area contributed by atoms with Crippen molar-refractivity contribution in [2.45, 2.75) is 17.7 Å².